The number of rotatable bonds is 4. The van der Waals surface area contributed by atoms with Crippen LogP contribution in [0.15, 0.2) is 36.7 Å². The number of benzene rings is 1. The third-order valence-electron chi connectivity index (χ3n) is 2.54. The van der Waals surface area contributed by atoms with Crippen molar-refractivity contribution >= 4 is 11.6 Å². The molecule has 0 aliphatic carbocycles. The summed E-state index contributed by atoms with van der Waals surface area (Å²) in [4.78, 5) is 11.6. The van der Waals surface area contributed by atoms with Crippen molar-refractivity contribution in [2.75, 3.05) is 5.32 Å². The van der Waals surface area contributed by atoms with E-state index in [1.54, 1.807) is 12.4 Å². The maximum Gasteiger partial charge on any atom is 0.224 e. The number of aromatic amines is 1. The second-order valence-corrected chi connectivity index (χ2v) is 4.02. The molecule has 0 saturated carbocycles. The summed E-state index contributed by atoms with van der Waals surface area (Å²) in [6.07, 6.45) is 4.48. The lowest BCUT2D eigenvalue weighted by Gasteiger charge is -2.03. The fraction of sp³-hybridized carbons (Fsp3) is 0.231. The predicted octanol–water partition coefficient (Wildman–Crippen LogP) is 2.29. The van der Waals surface area contributed by atoms with Crippen molar-refractivity contribution in [2.45, 2.75) is 19.8 Å². The van der Waals surface area contributed by atoms with Crippen LogP contribution in [0.25, 0.3) is 0 Å². The molecule has 0 aliphatic rings. The first-order valence-corrected chi connectivity index (χ1v) is 5.58. The molecule has 2 rings (SSSR count). The molecule has 17 heavy (non-hydrogen) atoms. The molecule has 2 N–H and O–H groups in total. The summed E-state index contributed by atoms with van der Waals surface area (Å²) in [5, 5.41) is 9.18. The molecular weight excluding hydrogens is 214 g/mol. The summed E-state index contributed by atoms with van der Waals surface area (Å²) < 4.78 is 0. The van der Waals surface area contributed by atoms with Gasteiger partial charge in [0.1, 0.15) is 0 Å². The highest BCUT2D eigenvalue weighted by molar-refractivity contribution is 5.90. The van der Waals surface area contributed by atoms with Crippen LogP contribution >= 0.6 is 0 Å². The molecule has 0 fully saturated rings. The van der Waals surface area contributed by atoms with Crippen LogP contribution in [-0.4, -0.2) is 16.1 Å². The van der Waals surface area contributed by atoms with Gasteiger partial charge in [-0.2, -0.15) is 5.10 Å². The van der Waals surface area contributed by atoms with E-state index in [9.17, 15) is 4.79 Å². The van der Waals surface area contributed by atoms with Gasteiger partial charge in [-0.05, 0) is 18.9 Å². The minimum atomic E-state index is 0.00646. The Balaban J connectivity index is 1.82. The number of aromatic nitrogens is 2. The quantitative estimate of drug-likeness (QED) is 0.845. The first-order chi connectivity index (χ1) is 8.24. The molecule has 1 aromatic heterocycles. The number of nitrogens with one attached hydrogen (secondary N) is 2. The third-order valence-corrected chi connectivity index (χ3v) is 2.54. The Morgan fingerprint density at radius 2 is 2.12 bits per heavy atom. The van der Waals surface area contributed by atoms with Gasteiger partial charge in [0.2, 0.25) is 5.91 Å². The van der Waals surface area contributed by atoms with Crippen LogP contribution in [0.2, 0.25) is 0 Å². The Morgan fingerprint density at radius 3 is 2.76 bits per heavy atom. The molecule has 0 radical (unpaired) electrons. The predicted molar refractivity (Wildman–Crippen MR) is 66.7 cm³/mol. The smallest absolute Gasteiger partial charge is 0.224 e. The van der Waals surface area contributed by atoms with Crippen LogP contribution in [-0.2, 0) is 11.2 Å². The van der Waals surface area contributed by atoms with Gasteiger partial charge in [0.15, 0.2) is 0 Å². The zero-order chi connectivity index (χ0) is 12.1. The van der Waals surface area contributed by atoms with E-state index in [-0.39, 0.29) is 5.91 Å². The number of aryl methyl sites for hydroxylation is 2. The topological polar surface area (TPSA) is 57.8 Å². The average molecular weight is 229 g/mol. The summed E-state index contributed by atoms with van der Waals surface area (Å²) in [6.45, 7) is 2.05. The number of nitrogens with zero attached hydrogens (tertiary/aromatic N) is 1. The molecular formula is C13H15N3O. The fourth-order valence-corrected chi connectivity index (χ4v) is 1.56. The molecule has 1 amide bonds. The normalized spacial score (nSPS) is 10.2. The van der Waals surface area contributed by atoms with Gasteiger partial charge in [0.05, 0.1) is 11.9 Å². The molecule has 2 aromatic rings. The lowest BCUT2D eigenvalue weighted by molar-refractivity contribution is -0.116. The zero-order valence-electron chi connectivity index (χ0n) is 9.73. The van der Waals surface area contributed by atoms with E-state index >= 15 is 0 Å². The summed E-state index contributed by atoms with van der Waals surface area (Å²) in [7, 11) is 0. The molecule has 1 heterocycles. The van der Waals surface area contributed by atoms with Crippen LogP contribution in [0.3, 0.4) is 0 Å². The molecule has 0 unspecified atom stereocenters. The van der Waals surface area contributed by atoms with Gasteiger partial charge in [-0.25, -0.2) is 0 Å². The first kappa shape index (κ1) is 11.4. The fourth-order valence-electron chi connectivity index (χ4n) is 1.56. The van der Waals surface area contributed by atoms with Crippen molar-refractivity contribution in [3.63, 3.8) is 0 Å². The van der Waals surface area contributed by atoms with Crippen LogP contribution in [0.4, 0.5) is 5.69 Å². The van der Waals surface area contributed by atoms with E-state index in [2.05, 4.69) is 46.7 Å². The molecule has 0 atom stereocenters. The summed E-state index contributed by atoms with van der Waals surface area (Å²) >= 11 is 0. The molecule has 1 aromatic carbocycles. The Kier molecular flexibility index (Phi) is 3.55. The van der Waals surface area contributed by atoms with Crippen molar-refractivity contribution in [2.24, 2.45) is 0 Å². The van der Waals surface area contributed by atoms with E-state index < -0.39 is 0 Å². The minimum absolute atomic E-state index is 0.00646. The molecule has 0 saturated heterocycles. The van der Waals surface area contributed by atoms with Crippen molar-refractivity contribution in [3.8, 4) is 0 Å². The average Bonchev–Trinajstić information content (AvgIpc) is 2.81. The first-order valence-electron chi connectivity index (χ1n) is 5.58. The van der Waals surface area contributed by atoms with Gasteiger partial charge in [-0.1, -0.05) is 29.8 Å². The van der Waals surface area contributed by atoms with E-state index in [0.29, 0.717) is 12.1 Å². The Hall–Kier alpha value is -2.10. The van der Waals surface area contributed by atoms with Crippen molar-refractivity contribution in [3.05, 3.63) is 47.8 Å². The number of carbonyl (C=O) groups excluding carboxylic acids is 1. The zero-order valence-corrected chi connectivity index (χ0v) is 9.73. The number of anilines is 1. The monoisotopic (exact) mass is 229 g/mol. The standard InChI is InChI=1S/C13H15N3O/c1-10-2-4-11(5-3-10)6-7-13(17)16-12-8-14-15-9-12/h2-5,8-9H,6-7H2,1H3,(H,14,15)(H,16,17). The molecule has 0 bridgehead atoms. The Morgan fingerprint density at radius 1 is 1.35 bits per heavy atom. The summed E-state index contributed by atoms with van der Waals surface area (Å²) in [5.74, 6) is 0.00646. The largest absolute Gasteiger partial charge is 0.323 e. The number of hydrogen-bond donors (Lipinski definition) is 2. The number of amides is 1. The third kappa shape index (κ3) is 3.45. The van der Waals surface area contributed by atoms with Crippen LogP contribution in [0.5, 0.6) is 0 Å². The van der Waals surface area contributed by atoms with Gasteiger partial charge in [0, 0.05) is 12.6 Å². The van der Waals surface area contributed by atoms with Crippen molar-refractivity contribution in [1.29, 1.82) is 0 Å². The van der Waals surface area contributed by atoms with Crippen LogP contribution < -0.4 is 5.32 Å². The minimum Gasteiger partial charge on any atom is -0.323 e. The lowest BCUT2D eigenvalue weighted by atomic mass is 10.1. The lowest BCUT2D eigenvalue weighted by Crippen LogP contribution is -2.11. The second-order valence-electron chi connectivity index (χ2n) is 4.02. The molecule has 4 nitrogen and oxygen atoms in total. The Bertz CT molecular complexity index is 474. The molecule has 88 valence electrons. The van der Waals surface area contributed by atoms with Crippen molar-refractivity contribution < 1.29 is 4.79 Å². The number of hydrogen-bond acceptors (Lipinski definition) is 2. The summed E-state index contributed by atoms with van der Waals surface area (Å²) in [6, 6.07) is 8.23. The number of H-pyrrole nitrogens is 1. The highest BCUT2D eigenvalue weighted by Gasteiger charge is 2.03. The van der Waals surface area contributed by atoms with Crippen molar-refractivity contribution in [1.82, 2.24) is 10.2 Å². The summed E-state index contributed by atoms with van der Waals surface area (Å²) in [5.41, 5.74) is 3.12. The Labute approximate surface area is 100 Å². The van der Waals surface area contributed by atoms with Crippen LogP contribution in [0, 0.1) is 6.92 Å². The van der Waals surface area contributed by atoms with Gasteiger partial charge in [0.25, 0.3) is 0 Å². The highest BCUT2D eigenvalue weighted by atomic mass is 16.1. The van der Waals surface area contributed by atoms with Gasteiger partial charge >= 0.3 is 0 Å². The van der Waals surface area contributed by atoms with E-state index in [1.165, 1.54) is 11.1 Å². The van der Waals surface area contributed by atoms with Gasteiger partial charge in [-0.3, -0.25) is 9.89 Å². The van der Waals surface area contributed by atoms with Gasteiger partial charge in [-0.15, -0.1) is 0 Å². The maximum absolute atomic E-state index is 11.6. The maximum atomic E-state index is 11.6. The number of carbonyl (C=O) groups is 1. The van der Waals surface area contributed by atoms with E-state index in [0.717, 1.165) is 6.42 Å². The SMILES string of the molecule is Cc1ccc(CCC(=O)Nc2cn[nH]c2)cc1. The van der Waals surface area contributed by atoms with Crippen LogP contribution in [0.1, 0.15) is 17.5 Å². The van der Waals surface area contributed by atoms with E-state index in [4.69, 9.17) is 0 Å². The molecule has 0 spiro atoms. The van der Waals surface area contributed by atoms with Gasteiger partial charge < -0.3 is 5.32 Å². The second kappa shape index (κ2) is 5.30. The highest BCUT2D eigenvalue weighted by Crippen LogP contribution is 2.07. The van der Waals surface area contributed by atoms with E-state index in [1.807, 2.05) is 0 Å². The molecule has 0 aliphatic heterocycles. The molecule has 4 heteroatoms.